The number of ether oxygens (including phenoxy) is 1. The van der Waals surface area contributed by atoms with Crippen LogP contribution in [0.4, 0.5) is 17.2 Å². The van der Waals surface area contributed by atoms with Crippen LogP contribution in [0.1, 0.15) is 5.56 Å². The first-order valence-electron chi connectivity index (χ1n) is 9.35. The largest absolute Gasteiger partial charge is 0.497 e. The summed E-state index contributed by atoms with van der Waals surface area (Å²) in [7, 11) is -0.631. The van der Waals surface area contributed by atoms with Gasteiger partial charge in [0.15, 0.2) is 11.5 Å². The third-order valence-corrected chi connectivity index (χ3v) is 6.07. The first-order valence-corrected chi connectivity index (χ1v) is 10.8. The standard InChI is InChI=1S/C20H21N7O3S/c1-21-31(28,29)15-6-7-16(22-10-13-4-3-5-14(8-13)30-2)17(9-15)27-20-18-19(24-11-23-18)25-12-26-20/h3-9,11-12,21-22H,10H2,1-2H3,(H2,23,24,25,26,27). The van der Waals surface area contributed by atoms with Gasteiger partial charge >= 0.3 is 0 Å². The quantitative estimate of drug-likeness (QED) is 0.329. The van der Waals surface area contributed by atoms with Gasteiger partial charge in [-0.3, -0.25) is 0 Å². The highest BCUT2D eigenvalue weighted by Crippen LogP contribution is 2.31. The van der Waals surface area contributed by atoms with Crippen LogP contribution in [0.15, 0.2) is 60.0 Å². The van der Waals surface area contributed by atoms with Crippen molar-refractivity contribution < 1.29 is 13.2 Å². The molecule has 0 fully saturated rings. The van der Waals surface area contributed by atoms with Crippen LogP contribution < -0.4 is 20.1 Å². The van der Waals surface area contributed by atoms with Crippen molar-refractivity contribution >= 4 is 27.2 Å². The highest BCUT2D eigenvalue weighted by atomic mass is 32.2. The van der Waals surface area contributed by atoms with Crippen LogP contribution in [-0.2, 0) is 16.6 Å². The van der Waals surface area contributed by atoms with E-state index in [-0.39, 0.29) is 4.90 Å². The van der Waals surface area contributed by atoms with Gasteiger partial charge in [-0.25, -0.2) is 28.1 Å². The maximum absolute atomic E-state index is 12.3. The summed E-state index contributed by atoms with van der Waals surface area (Å²) < 4.78 is 32.3. The molecule has 0 bridgehead atoms. The van der Waals surface area contributed by atoms with E-state index in [1.165, 1.54) is 19.7 Å². The second-order valence-corrected chi connectivity index (χ2v) is 8.45. The number of nitrogens with zero attached hydrogens (tertiary/aromatic N) is 3. The number of sulfonamides is 1. The molecular weight excluding hydrogens is 418 g/mol. The molecule has 2 heterocycles. The second-order valence-electron chi connectivity index (χ2n) is 6.57. The lowest BCUT2D eigenvalue weighted by Crippen LogP contribution is -2.19. The van der Waals surface area contributed by atoms with Crippen molar-refractivity contribution in [2.24, 2.45) is 0 Å². The average Bonchev–Trinajstić information content (AvgIpc) is 3.28. The highest BCUT2D eigenvalue weighted by Gasteiger charge is 2.17. The zero-order valence-electron chi connectivity index (χ0n) is 16.9. The van der Waals surface area contributed by atoms with E-state index in [2.05, 4.69) is 35.3 Å². The minimum atomic E-state index is -3.62. The summed E-state index contributed by atoms with van der Waals surface area (Å²) in [6, 6.07) is 12.5. The number of benzene rings is 2. The van der Waals surface area contributed by atoms with Crippen molar-refractivity contribution in [2.75, 3.05) is 24.8 Å². The van der Waals surface area contributed by atoms with Crippen molar-refractivity contribution in [3.05, 3.63) is 60.7 Å². The third kappa shape index (κ3) is 4.42. The van der Waals surface area contributed by atoms with E-state index >= 15 is 0 Å². The summed E-state index contributed by atoms with van der Waals surface area (Å²) in [4.78, 5) is 15.6. The first kappa shape index (κ1) is 20.6. The Labute approximate surface area is 179 Å². The van der Waals surface area contributed by atoms with Crippen molar-refractivity contribution in [1.82, 2.24) is 24.7 Å². The van der Waals surface area contributed by atoms with Gasteiger partial charge in [0.05, 0.1) is 29.7 Å². The number of hydrogen-bond donors (Lipinski definition) is 4. The molecule has 10 nitrogen and oxygen atoms in total. The van der Waals surface area contributed by atoms with Crippen molar-refractivity contribution in [1.29, 1.82) is 0 Å². The summed E-state index contributed by atoms with van der Waals surface area (Å²) in [5, 5.41) is 6.56. The number of aromatic nitrogens is 4. The monoisotopic (exact) mass is 439 g/mol. The Kier molecular flexibility index (Phi) is 5.69. The number of fused-ring (bicyclic) bond motifs is 1. The molecule has 0 amide bonds. The van der Waals surface area contributed by atoms with E-state index in [1.807, 2.05) is 24.3 Å². The van der Waals surface area contributed by atoms with E-state index in [4.69, 9.17) is 4.74 Å². The van der Waals surface area contributed by atoms with Gasteiger partial charge < -0.3 is 20.4 Å². The van der Waals surface area contributed by atoms with Gasteiger partial charge in [-0.2, -0.15) is 0 Å². The van der Waals surface area contributed by atoms with Crippen LogP contribution in [0.25, 0.3) is 11.5 Å². The molecule has 0 saturated carbocycles. The van der Waals surface area contributed by atoms with Gasteiger partial charge in [0.1, 0.15) is 17.9 Å². The van der Waals surface area contributed by atoms with Gasteiger partial charge in [-0.1, -0.05) is 12.1 Å². The number of hydrogen-bond acceptors (Lipinski definition) is 8. The van der Waals surface area contributed by atoms with E-state index in [0.29, 0.717) is 35.3 Å². The minimum Gasteiger partial charge on any atom is -0.497 e. The number of aromatic amines is 1. The molecule has 0 saturated heterocycles. The molecule has 11 heteroatoms. The van der Waals surface area contributed by atoms with Gasteiger partial charge in [0.25, 0.3) is 0 Å². The van der Waals surface area contributed by atoms with Crippen molar-refractivity contribution in [2.45, 2.75) is 11.4 Å². The Bertz CT molecular complexity index is 1270. The number of H-pyrrole nitrogens is 1. The lowest BCUT2D eigenvalue weighted by Gasteiger charge is -2.16. The van der Waals surface area contributed by atoms with Gasteiger partial charge in [0.2, 0.25) is 10.0 Å². The van der Waals surface area contributed by atoms with Crippen LogP contribution in [0.5, 0.6) is 5.75 Å². The fourth-order valence-electron chi connectivity index (χ4n) is 3.03. The van der Waals surface area contributed by atoms with Gasteiger partial charge in [-0.05, 0) is 42.9 Å². The van der Waals surface area contributed by atoms with Crippen LogP contribution in [0, 0.1) is 0 Å². The lowest BCUT2D eigenvalue weighted by molar-refractivity contribution is 0.414. The molecule has 2 aliphatic heterocycles. The summed E-state index contributed by atoms with van der Waals surface area (Å²) in [5.41, 5.74) is 2.81. The van der Waals surface area contributed by atoms with Crippen LogP contribution in [-0.4, -0.2) is 42.5 Å². The molecule has 2 aliphatic rings. The molecule has 2 aromatic carbocycles. The summed E-state index contributed by atoms with van der Waals surface area (Å²) >= 11 is 0. The predicted octanol–water partition coefficient (Wildman–Crippen LogP) is 2.58. The third-order valence-electron chi connectivity index (χ3n) is 4.66. The predicted molar refractivity (Wildman–Crippen MR) is 117 cm³/mol. The smallest absolute Gasteiger partial charge is 0.240 e. The Morgan fingerprint density at radius 2 is 1.94 bits per heavy atom. The molecule has 0 atom stereocenters. The number of imidazole rings is 1. The summed E-state index contributed by atoms with van der Waals surface area (Å²) in [5.74, 6) is 1.79. The van der Waals surface area contributed by atoms with E-state index in [1.54, 1.807) is 25.3 Å². The molecule has 4 rings (SSSR count). The van der Waals surface area contributed by atoms with Gasteiger partial charge in [0, 0.05) is 6.54 Å². The molecule has 0 aromatic heterocycles. The summed E-state index contributed by atoms with van der Waals surface area (Å²) in [6.45, 7) is 0.510. The topological polar surface area (TPSA) is 134 Å². The Balaban J connectivity index is 1.68. The minimum absolute atomic E-state index is 0.128. The van der Waals surface area contributed by atoms with Crippen LogP contribution in [0.3, 0.4) is 0 Å². The number of methoxy groups -OCH3 is 1. The lowest BCUT2D eigenvalue weighted by atomic mass is 10.2. The molecule has 0 aliphatic carbocycles. The molecular formula is C20H21N7O3S. The zero-order valence-corrected chi connectivity index (χ0v) is 17.7. The highest BCUT2D eigenvalue weighted by molar-refractivity contribution is 7.89. The van der Waals surface area contributed by atoms with Crippen molar-refractivity contribution in [3.8, 4) is 17.3 Å². The molecule has 0 radical (unpaired) electrons. The molecule has 0 unspecified atom stereocenters. The zero-order chi connectivity index (χ0) is 21.8. The number of nitrogens with one attached hydrogen (secondary N) is 4. The first-order chi connectivity index (χ1) is 15.0. The Morgan fingerprint density at radius 3 is 2.74 bits per heavy atom. The second kappa shape index (κ2) is 8.58. The fraction of sp³-hybridized carbons (Fsp3) is 0.150. The fourth-order valence-corrected chi connectivity index (χ4v) is 3.79. The molecule has 0 spiro atoms. The number of rotatable bonds is 8. The van der Waals surface area contributed by atoms with Gasteiger partial charge in [-0.15, -0.1) is 0 Å². The molecule has 4 N–H and O–H groups in total. The van der Waals surface area contributed by atoms with Crippen LogP contribution >= 0.6 is 0 Å². The Hall–Kier alpha value is -3.70. The summed E-state index contributed by atoms with van der Waals surface area (Å²) in [6.07, 6.45) is 2.91. The van der Waals surface area contributed by atoms with E-state index in [0.717, 1.165) is 11.3 Å². The normalized spacial score (nSPS) is 11.4. The maximum atomic E-state index is 12.3. The van der Waals surface area contributed by atoms with Crippen LogP contribution in [0.2, 0.25) is 0 Å². The van der Waals surface area contributed by atoms with Crippen molar-refractivity contribution in [3.63, 3.8) is 0 Å². The van der Waals surface area contributed by atoms with E-state index in [9.17, 15) is 8.42 Å². The maximum Gasteiger partial charge on any atom is 0.240 e. The Morgan fingerprint density at radius 1 is 1.06 bits per heavy atom. The molecule has 2 aromatic rings. The number of anilines is 3. The molecule has 160 valence electrons. The molecule has 31 heavy (non-hydrogen) atoms. The van der Waals surface area contributed by atoms with E-state index < -0.39 is 10.0 Å². The SMILES string of the molecule is CNS(=O)(=O)c1ccc(NCc2cccc(OC)c2)c(Nc2[nH]cnc3ncnc2-3)c1. The average molecular weight is 440 g/mol.